The van der Waals surface area contributed by atoms with Gasteiger partial charge in [0.2, 0.25) is 5.91 Å². The maximum Gasteiger partial charge on any atom is 0.311 e. The first-order valence-corrected chi connectivity index (χ1v) is 10.2. The smallest absolute Gasteiger partial charge is 0.311 e. The minimum absolute atomic E-state index is 0.0845. The molecule has 1 fully saturated rings. The number of carbonyl (C=O) groups is 4. The normalized spacial score (nSPS) is 15.3. The summed E-state index contributed by atoms with van der Waals surface area (Å²) >= 11 is 11.7. The van der Waals surface area contributed by atoms with Crippen LogP contribution in [-0.2, 0) is 19.1 Å². The number of rotatable bonds is 7. The quantitative estimate of drug-likeness (QED) is 0.590. The molecule has 1 aliphatic heterocycles. The minimum atomic E-state index is -0.823. The molecule has 0 bridgehead atoms. The predicted octanol–water partition coefficient (Wildman–Crippen LogP) is 2.68. The topological polar surface area (TPSA) is 114 Å². The summed E-state index contributed by atoms with van der Waals surface area (Å²) in [5, 5.41) is 4.10. The van der Waals surface area contributed by atoms with Crippen molar-refractivity contribution in [1.82, 2.24) is 10.4 Å². The second kappa shape index (κ2) is 10.3. The molecule has 2 aromatic rings. The number of hydrogen-bond acceptors (Lipinski definition) is 6. The summed E-state index contributed by atoms with van der Waals surface area (Å²) in [6.45, 7) is -0.615. The molecule has 2 N–H and O–H groups in total. The third-order valence-corrected chi connectivity index (χ3v) is 5.34. The molecule has 1 aliphatic rings. The fraction of sp³-hybridized carbons (Fsp3) is 0.238. The molecule has 1 atom stereocenters. The summed E-state index contributed by atoms with van der Waals surface area (Å²) < 4.78 is 10.2. The van der Waals surface area contributed by atoms with Gasteiger partial charge >= 0.3 is 5.97 Å². The van der Waals surface area contributed by atoms with Crippen LogP contribution in [0.2, 0.25) is 10.0 Å². The summed E-state index contributed by atoms with van der Waals surface area (Å²) in [5.74, 6) is -2.68. The van der Waals surface area contributed by atoms with Gasteiger partial charge in [0.25, 0.3) is 11.8 Å². The molecule has 0 unspecified atom stereocenters. The van der Waals surface area contributed by atoms with Crippen molar-refractivity contribution < 1.29 is 28.7 Å². The second-order valence-corrected chi connectivity index (χ2v) is 7.65. The number of methoxy groups -OCH3 is 1. The largest absolute Gasteiger partial charge is 0.495 e. The molecule has 3 amide bonds. The Bertz CT molecular complexity index is 1060. The number of nitrogens with one attached hydrogen (secondary N) is 2. The lowest BCUT2D eigenvalue weighted by atomic mass is 10.1. The number of hydrazine groups is 1. The van der Waals surface area contributed by atoms with E-state index in [0.29, 0.717) is 11.4 Å². The molecular weight excluding hydrogens is 461 g/mol. The van der Waals surface area contributed by atoms with E-state index >= 15 is 0 Å². The number of para-hydroxylation sites is 2. The lowest BCUT2D eigenvalue weighted by molar-refractivity contribution is -0.151. The van der Waals surface area contributed by atoms with Crippen LogP contribution in [0.25, 0.3) is 0 Å². The molecule has 9 nitrogen and oxygen atoms in total. The van der Waals surface area contributed by atoms with E-state index in [4.69, 9.17) is 32.7 Å². The first-order valence-electron chi connectivity index (χ1n) is 9.44. The number of benzene rings is 2. The maximum absolute atomic E-state index is 12.3. The highest BCUT2D eigenvalue weighted by Gasteiger charge is 2.36. The van der Waals surface area contributed by atoms with Gasteiger partial charge in [-0.1, -0.05) is 35.3 Å². The van der Waals surface area contributed by atoms with E-state index in [1.165, 1.54) is 25.3 Å². The second-order valence-electron chi connectivity index (χ2n) is 6.83. The van der Waals surface area contributed by atoms with Gasteiger partial charge < -0.3 is 14.8 Å². The van der Waals surface area contributed by atoms with Gasteiger partial charge in [0, 0.05) is 12.0 Å². The van der Waals surface area contributed by atoms with Crippen LogP contribution in [0.15, 0.2) is 42.5 Å². The lowest BCUT2D eigenvalue weighted by Gasteiger charge is -2.17. The number of anilines is 1. The fourth-order valence-electron chi connectivity index (χ4n) is 2.99. The van der Waals surface area contributed by atoms with Crippen molar-refractivity contribution >= 4 is 52.6 Å². The van der Waals surface area contributed by atoms with Crippen molar-refractivity contribution in [3.63, 3.8) is 0 Å². The van der Waals surface area contributed by atoms with Crippen molar-refractivity contribution in [3.05, 3.63) is 58.1 Å². The Labute approximate surface area is 193 Å². The van der Waals surface area contributed by atoms with Crippen molar-refractivity contribution in [2.24, 2.45) is 5.92 Å². The van der Waals surface area contributed by atoms with Crippen LogP contribution in [0.5, 0.6) is 5.75 Å². The summed E-state index contributed by atoms with van der Waals surface area (Å²) in [7, 11) is 1.47. The number of amides is 3. The number of carbonyl (C=O) groups excluding carboxylic acids is 4. The molecule has 1 saturated heterocycles. The van der Waals surface area contributed by atoms with Crippen LogP contribution < -0.4 is 15.5 Å². The van der Waals surface area contributed by atoms with E-state index in [2.05, 4.69) is 10.7 Å². The number of hydrogen-bond donors (Lipinski definition) is 2. The SMILES string of the molecule is COc1ccccc1NC(=O)COC(=O)[C@@H]1CC(=O)N(NC(=O)c2ccc(Cl)c(Cl)c2)C1. The third-order valence-electron chi connectivity index (χ3n) is 4.60. The maximum atomic E-state index is 12.3. The van der Waals surface area contributed by atoms with Crippen LogP contribution in [0.1, 0.15) is 16.8 Å². The van der Waals surface area contributed by atoms with Crippen LogP contribution in [0, 0.1) is 5.92 Å². The molecule has 2 aromatic carbocycles. The van der Waals surface area contributed by atoms with E-state index in [0.717, 1.165) is 5.01 Å². The van der Waals surface area contributed by atoms with Gasteiger partial charge in [-0.25, -0.2) is 0 Å². The van der Waals surface area contributed by atoms with E-state index in [-0.39, 0.29) is 28.6 Å². The Morgan fingerprint density at radius 1 is 1.12 bits per heavy atom. The summed E-state index contributed by atoms with van der Waals surface area (Å²) in [6.07, 6.45) is -0.158. The molecule has 0 aromatic heterocycles. The van der Waals surface area contributed by atoms with Gasteiger partial charge in [-0.2, -0.15) is 0 Å². The Hall–Kier alpha value is -3.30. The van der Waals surface area contributed by atoms with Crippen molar-refractivity contribution in [1.29, 1.82) is 0 Å². The van der Waals surface area contributed by atoms with Crippen LogP contribution in [0.4, 0.5) is 5.69 Å². The average Bonchev–Trinajstić information content (AvgIpc) is 3.14. The molecule has 0 spiro atoms. The molecule has 0 saturated carbocycles. The highest BCUT2D eigenvalue weighted by Crippen LogP contribution is 2.24. The standard InChI is InChI=1S/C21H19Cl2N3O6/c1-31-17-5-3-2-4-16(17)24-18(27)11-32-21(30)13-9-19(28)26(10-13)25-20(29)12-6-7-14(22)15(23)8-12/h2-8,13H,9-11H2,1H3,(H,24,27)(H,25,29)/t13-/m1/s1. The molecule has 32 heavy (non-hydrogen) atoms. The van der Waals surface area contributed by atoms with Crippen LogP contribution in [-0.4, -0.2) is 49.0 Å². The number of ether oxygens (including phenoxy) is 2. The van der Waals surface area contributed by atoms with E-state index in [9.17, 15) is 19.2 Å². The third kappa shape index (κ3) is 5.68. The first-order chi connectivity index (χ1) is 15.3. The van der Waals surface area contributed by atoms with Crippen molar-refractivity contribution in [2.75, 3.05) is 25.6 Å². The van der Waals surface area contributed by atoms with Crippen LogP contribution in [0.3, 0.4) is 0 Å². The number of halogens is 2. The molecule has 1 heterocycles. The Morgan fingerprint density at radius 2 is 1.88 bits per heavy atom. The zero-order valence-electron chi connectivity index (χ0n) is 16.9. The van der Waals surface area contributed by atoms with E-state index < -0.39 is 36.2 Å². The van der Waals surface area contributed by atoms with Crippen molar-refractivity contribution in [3.8, 4) is 5.75 Å². The molecule has 11 heteroatoms. The average molecular weight is 480 g/mol. The van der Waals surface area contributed by atoms with Gasteiger partial charge in [-0.05, 0) is 30.3 Å². The fourth-order valence-corrected chi connectivity index (χ4v) is 3.28. The molecule has 3 rings (SSSR count). The zero-order chi connectivity index (χ0) is 23.3. The summed E-state index contributed by atoms with van der Waals surface area (Å²) in [5.41, 5.74) is 3.06. The molecular formula is C21H19Cl2N3O6. The summed E-state index contributed by atoms with van der Waals surface area (Å²) in [6, 6.07) is 11.1. The van der Waals surface area contributed by atoms with E-state index in [1.807, 2.05) is 0 Å². The van der Waals surface area contributed by atoms with Gasteiger partial charge in [-0.15, -0.1) is 0 Å². The van der Waals surface area contributed by atoms with Crippen LogP contribution >= 0.6 is 23.2 Å². The van der Waals surface area contributed by atoms with Crippen molar-refractivity contribution in [2.45, 2.75) is 6.42 Å². The van der Waals surface area contributed by atoms with Gasteiger partial charge in [0.05, 0.1) is 35.3 Å². The zero-order valence-corrected chi connectivity index (χ0v) is 18.4. The van der Waals surface area contributed by atoms with Gasteiger partial charge in [0.1, 0.15) is 5.75 Å². The number of nitrogens with zero attached hydrogens (tertiary/aromatic N) is 1. The van der Waals surface area contributed by atoms with Gasteiger partial charge in [-0.3, -0.25) is 29.6 Å². The minimum Gasteiger partial charge on any atom is -0.495 e. The lowest BCUT2D eigenvalue weighted by Crippen LogP contribution is -2.43. The number of esters is 1. The first kappa shape index (κ1) is 23.4. The molecule has 0 radical (unpaired) electrons. The summed E-state index contributed by atoms with van der Waals surface area (Å²) in [4.78, 5) is 48.9. The molecule has 168 valence electrons. The monoisotopic (exact) mass is 479 g/mol. The Morgan fingerprint density at radius 3 is 2.59 bits per heavy atom. The highest BCUT2D eigenvalue weighted by atomic mass is 35.5. The Balaban J connectivity index is 1.50. The molecule has 0 aliphatic carbocycles. The highest BCUT2D eigenvalue weighted by molar-refractivity contribution is 6.42. The predicted molar refractivity (Wildman–Crippen MR) is 116 cm³/mol. The van der Waals surface area contributed by atoms with Gasteiger partial charge in [0.15, 0.2) is 6.61 Å². The Kier molecular flexibility index (Phi) is 7.55. The van der Waals surface area contributed by atoms with E-state index in [1.54, 1.807) is 24.3 Å².